The molecule has 0 spiro atoms. The summed E-state index contributed by atoms with van der Waals surface area (Å²) in [7, 11) is 0. The predicted molar refractivity (Wildman–Crippen MR) is 63.7 cm³/mol. The number of rotatable bonds is 4. The number of carbonyl (C=O) groups is 1. The van der Waals surface area contributed by atoms with Gasteiger partial charge in [0.05, 0.1) is 0 Å². The van der Waals surface area contributed by atoms with Gasteiger partial charge >= 0.3 is 0 Å². The molecule has 0 aliphatic heterocycles. The second-order valence-corrected chi connectivity index (χ2v) is 4.39. The summed E-state index contributed by atoms with van der Waals surface area (Å²) in [5.74, 6) is 0.403. The number of hydrogen-bond donors (Lipinski definition) is 2. The summed E-state index contributed by atoms with van der Waals surface area (Å²) in [6.45, 7) is 0.527. The van der Waals surface area contributed by atoms with Gasteiger partial charge in [0.1, 0.15) is 0 Å². The average molecular weight is 218 g/mol. The molecule has 1 fully saturated rings. The van der Waals surface area contributed by atoms with Gasteiger partial charge < -0.3 is 11.1 Å². The molecule has 1 atom stereocenters. The summed E-state index contributed by atoms with van der Waals surface area (Å²) in [4.78, 5) is 11.6. The highest BCUT2D eigenvalue weighted by Crippen LogP contribution is 2.26. The van der Waals surface area contributed by atoms with Gasteiger partial charge in [0, 0.05) is 18.5 Å². The minimum absolute atomic E-state index is 0.106. The Bertz CT molecular complexity index is 346. The topological polar surface area (TPSA) is 55.1 Å². The average Bonchev–Trinajstić information content (AvgIpc) is 2.25. The van der Waals surface area contributed by atoms with Gasteiger partial charge in [-0.25, -0.2) is 0 Å². The standard InChI is InChI=1S/C13H18N2O/c14-12(10-5-2-1-3-6-10)9-15-13(16)11-7-4-8-11/h1-3,5-6,11-12H,4,7-9,14H2,(H,15,16). The molecule has 1 aromatic carbocycles. The predicted octanol–water partition coefficient (Wildman–Crippen LogP) is 1.60. The van der Waals surface area contributed by atoms with Crippen molar-refractivity contribution in [2.45, 2.75) is 25.3 Å². The lowest BCUT2D eigenvalue weighted by molar-refractivity contribution is -0.127. The van der Waals surface area contributed by atoms with Gasteiger partial charge in [-0.2, -0.15) is 0 Å². The number of amides is 1. The summed E-state index contributed by atoms with van der Waals surface area (Å²) < 4.78 is 0. The fraction of sp³-hybridized carbons (Fsp3) is 0.462. The molecule has 1 saturated carbocycles. The lowest BCUT2D eigenvalue weighted by Gasteiger charge is -2.25. The molecule has 0 heterocycles. The van der Waals surface area contributed by atoms with Crippen molar-refractivity contribution in [3.8, 4) is 0 Å². The maximum absolute atomic E-state index is 11.6. The van der Waals surface area contributed by atoms with Crippen molar-refractivity contribution in [3.63, 3.8) is 0 Å². The SMILES string of the molecule is NC(CNC(=O)C1CCC1)c1ccccc1. The van der Waals surface area contributed by atoms with E-state index in [1.54, 1.807) is 0 Å². The van der Waals surface area contributed by atoms with Crippen LogP contribution in [-0.2, 0) is 4.79 Å². The van der Waals surface area contributed by atoms with Crippen LogP contribution in [0.1, 0.15) is 30.9 Å². The third kappa shape index (κ3) is 2.61. The van der Waals surface area contributed by atoms with E-state index in [0.717, 1.165) is 18.4 Å². The Balaban J connectivity index is 1.79. The van der Waals surface area contributed by atoms with Gasteiger partial charge in [0.25, 0.3) is 0 Å². The van der Waals surface area contributed by atoms with Crippen LogP contribution in [0, 0.1) is 5.92 Å². The minimum atomic E-state index is -0.106. The van der Waals surface area contributed by atoms with Crippen molar-refractivity contribution in [1.82, 2.24) is 5.32 Å². The van der Waals surface area contributed by atoms with Crippen molar-refractivity contribution in [2.24, 2.45) is 11.7 Å². The number of carbonyl (C=O) groups excluding carboxylic acids is 1. The minimum Gasteiger partial charge on any atom is -0.354 e. The number of benzene rings is 1. The molecule has 86 valence electrons. The van der Waals surface area contributed by atoms with Crippen molar-refractivity contribution in [3.05, 3.63) is 35.9 Å². The highest BCUT2D eigenvalue weighted by molar-refractivity contribution is 5.79. The quantitative estimate of drug-likeness (QED) is 0.806. The molecule has 0 aromatic heterocycles. The van der Waals surface area contributed by atoms with Crippen molar-refractivity contribution < 1.29 is 4.79 Å². The first-order valence-electron chi connectivity index (χ1n) is 5.85. The van der Waals surface area contributed by atoms with E-state index >= 15 is 0 Å². The zero-order chi connectivity index (χ0) is 11.4. The molecule has 1 unspecified atom stereocenters. The molecule has 2 rings (SSSR count). The highest BCUT2D eigenvalue weighted by atomic mass is 16.1. The summed E-state index contributed by atoms with van der Waals surface area (Å²) in [6, 6.07) is 9.75. The highest BCUT2D eigenvalue weighted by Gasteiger charge is 2.25. The molecule has 0 bridgehead atoms. The number of nitrogens with two attached hydrogens (primary N) is 1. The van der Waals surface area contributed by atoms with Crippen LogP contribution >= 0.6 is 0 Å². The zero-order valence-corrected chi connectivity index (χ0v) is 9.36. The fourth-order valence-electron chi connectivity index (χ4n) is 1.84. The van der Waals surface area contributed by atoms with Crippen LogP contribution in [0.25, 0.3) is 0 Å². The molecule has 1 aliphatic rings. The maximum atomic E-state index is 11.6. The van der Waals surface area contributed by atoms with Crippen LogP contribution in [0.2, 0.25) is 0 Å². The number of nitrogens with one attached hydrogen (secondary N) is 1. The van der Waals surface area contributed by atoms with Crippen LogP contribution in [0.5, 0.6) is 0 Å². The van der Waals surface area contributed by atoms with E-state index in [-0.39, 0.29) is 17.9 Å². The van der Waals surface area contributed by atoms with Crippen molar-refractivity contribution in [1.29, 1.82) is 0 Å². The Morgan fingerprint density at radius 1 is 1.38 bits per heavy atom. The lowest BCUT2D eigenvalue weighted by atomic mass is 9.85. The smallest absolute Gasteiger partial charge is 0.223 e. The van der Waals surface area contributed by atoms with E-state index in [9.17, 15) is 4.79 Å². The normalized spacial score (nSPS) is 17.6. The van der Waals surface area contributed by atoms with E-state index in [0.29, 0.717) is 6.54 Å². The first kappa shape index (κ1) is 11.1. The van der Waals surface area contributed by atoms with Crippen molar-refractivity contribution in [2.75, 3.05) is 6.54 Å². The summed E-state index contributed by atoms with van der Waals surface area (Å²) in [6.07, 6.45) is 3.25. The zero-order valence-electron chi connectivity index (χ0n) is 9.36. The summed E-state index contributed by atoms with van der Waals surface area (Å²) >= 11 is 0. The Morgan fingerprint density at radius 2 is 2.06 bits per heavy atom. The van der Waals surface area contributed by atoms with E-state index in [1.807, 2.05) is 30.3 Å². The molecule has 3 heteroatoms. The monoisotopic (exact) mass is 218 g/mol. The van der Waals surface area contributed by atoms with Crippen molar-refractivity contribution >= 4 is 5.91 Å². The summed E-state index contributed by atoms with van der Waals surface area (Å²) in [5.41, 5.74) is 7.05. The Morgan fingerprint density at radius 3 is 2.62 bits per heavy atom. The maximum Gasteiger partial charge on any atom is 0.223 e. The third-order valence-corrected chi connectivity index (χ3v) is 3.20. The van der Waals surface area contributed by atoms with Gasteiger partial charge in [-0.15, -0.1) is 0 Å². The first-order chi connectivity index (χ1) is 7.77. The third-order valence-electron chi connectivity index (χ3n) is 3.20. The van der Waals surface area contributed by atoms with Crippen LogP contribution in [-0.4, -0.2) is 12.5 Å². The second kappa shape index (κ2) is 5.12. The second-order valence-electron chi connectivity index (χ2n) is 4.39. The van der Waals surface area contributed by atoms with E-state index in [2.05, 4.69) is 5.32 Å². The molecule has 0 radical (unpaired) electrons. The molecular formula is C13H18N2O. The Kier molecular flexibility index (Phi) is 3.57. The van der Waals surface area contributed by atoms with Gasteiger partial charge in [-0.3, -0.25) is 4.79 Å². The molecule has 0 saturated heterocycles. The molecule has 3 nitrogen and oxygen atoms in total. The lowest BCUT2D eigenvalue weighted by Crippen LogP contribution is -2.38. The van der Waals surface area contributed by atoms with Gasteiger partial charge in [-0.05, 0) is 18.4 Å². The Labute approximate surface area is 96.0 Å². The molecular weight excluding hydrogens is 200 g/mol. The van der Waals surface area contributed by atoms with Gasteiger partial charge in [0.15, 0.2) is 0 Å². The van der Waals surface area contributed by atoms with Crippen LogP contribution in [0.3, 0.4) is 0 Å². The van der Waals surface area contributed by atoms with Gasteiger partial charge in [0.2, 0.25) is 5.91 Å². The van der Waals surface area contributed by atoms with E-state index in [1.165, 1.54) is 6.42 Å². The molecule has 1 aromatic rings. The summed E-state index contributed by atoms with van der Waals surface area (Å²) in [5, 5.41) is 2.92. The Hall–Kier alpha value is -1.35. The van der Waals surface area contributed by atoms with E-state index < -0.39 is 0 Å². The van der Waals surface area contributed by atoms with Gasteiger partial charge in [-0.1, -0.05) is 36.8 Å². The van der Waals surface area contributed by atoms with Crippen LogP contribution < -0.4 is 11.1 Å². The van der Waals surface area contributed by atoms with E-state index in [4.69, 9.17) is 5.73 Å². The number of hydrogen-bond acceptors (Lipinski definition) is 2. The first-order valence-corrected chi connectivity index (χ1v) is 5.85. The molecule has 1 amide bonds. The molecule has 16 heavy (non-hydrogen) atoms. The van der Waals surface area contributed by atoms with Crippen LogP contribution in [0.4, 0.5) is 0 Å². The molecule has 1 aliphatic carbocycles. The molecule has 3 N–H and O–H groups in total. The fourth-order valence-corrected chi connectivity index (χ4v) is 1.84. The largest absolute Gasteiger partial charge is 0.354 e. The van der Waals surface area contributed by atoms with Crippen LogP contribution in [0.15, 0.2) is 30.3 Å².